The van der Waals surface area contributed by atoms with Crippen molar-refractivity contribution in [3.8, 4) is 0 Å². The molecular formula is C14H19NO5. The fraction of sp³-hybridized carbons (Fsp3) is 0.643. The number of rotatable bonds is 4. The average molecular weight is 281 g/mol. The first-order chi connectivity index (χ1) is 9.49. The minimum atomic E-state index is -1.14. The van der Waals surface area contributed by atoms with Crippen molar-refractivity contribution in [1.82, 2.24) is 4.90 Å². The number of nitrogens with zero attached hydrogens (tertiary/aromatic N) is 1. The van der Waals surface area contributed by atoms with Crippen LogP contribution in [0.5, 0.6) is 0 Å². The number of carboxylic acids is 2. The molecule has 2 rings (SSSR count). The number of carbonyl (C=O) groups is 3. The summed E-state index contributed by atoms with van der Waals surface area (Å²) in [6, 6.07) is 0. The third-order valence-corrected chi connectivity index (χ3v) is 4.15. The highest BCUT2D eigenvalue weighted by molar-refractivity contribution is 5.82. The SMILES string of the molecule is O=C(O)C1CCN(C(=O)CC2C=CCC2)CC1C(=O)O. The fourth-order valence-corrected chi connectivity index (χ4v) is 2.94. The molecule has 0 spiro atoms. The van der Waals surface area contributed by atoms with Crippen LogP contribution in [0.15, 0.2) is 12.2 Å². The lowest BCUT2D eigenvalue weighted by Gasteiger charge is -2.35. The molecule has 0 aromatic heterocycles. The van der Waals surface area contributed by atoms with E-state index in [1.54, 1.807) is 0 Å². The van der Waals surface area contributed by atoms with Gasteiger partial charge in [0.25, 0.3) is 0 Å². The van der Waals surface area contributed by atoms with Gasteiger partial charge in [0.15, 0.2) is 0 Å². The molecule has 6 heteroatoms. The highest BCUT2D eigenvalue weighted by atomic mass is 16.4. The Bertz CT molecular complexity index is 445. The first-order valence-corrected chi connectivity index (χ1v) is 6.89. The highest BCUT2D eigenvalue weighted by Gasteiger charge is 2.40. The molecule has 1 aliphatic carbocycles. The average Bonchev–Trinajstić information content (AvgIpc) is 2.90. The number of carboxylic acid groups (broad SMARTS) is 2. The number of hydrogen-bond donors (Lipinski definition) is 2. The van der Waals surface area contributed by atoms with Crippen molar-refractivity contribution in [1.29, 1.82) is 0 Å². The van der Waals surface area contributed by atoms with Gasteiger partial charge in [-0.05, 0) is 25.2 Å². The zero-order valence-corrected chi connectivity index (χ0v) is 11.2. The van der Waals surface area contributed by atoms with Gasteiger partial charge in [-0.25, -0.2) is 0 Å². The maximum atomic E-state index is 12.2. The van der Waals surface area contributed by atoms with E-state index in [1.807, 2.05) is 6.08 Å². The minimum absolute atomic E-state index is 0.00156. The molecule has 0 radical (unpaired) electrons. The third-order valence-electron chi connectivity index (χ3n) is 4.15. The van der Waals surface area contributed by atoms with Gasteiger partial charge in [-0.3, -0.25) is 14.4 Å². The molecule has 0 aromatic carbocycles. The molecular weight excluding hydrogens is 262 g/mol. The zero-order valence-electron chi connectivity index (χ0n) is 11.2. The van der Waals surface area contributed by atoms with Gasteiger partial charge < -0.3 is 15.1 Å². The van der Waals surface area contributed by atoms with Crippen LogP contribution in [-0.2, 0) is 14.4 Å². The number of hydrogen-bond acceptors (Lipinski definition) is 3. The van der Waals surface area contributed by atoms with Gasteiger partial charge in [-0.2, -0.15) is 0 Å². The fourth-order valence-electron chi connectivity index (χ4n) is 2.94. The van der Waals surface area contributed by atoms with Gasteiger partial charge in [0.05, 0.1) is 11.8 Å². The second-order valence-electron chi connectivity index (χ2n) is 5.49. The van der Waals surface area contributed by atoms with Crippen LogP contribution in [0.4, 0.5) is 0 Å². The van der Waals surface area contributed by atoms with Gasteiger partial charge in [0, 0.05) is 19.5 Å². The first kappa shape index (κ1) is 14.6. The van der Waals surface area contributed by atoms with E-state index in [0.29, 0.717) is 13.0 Å². The Morgan fingerprint density at radius 2 is 1.80 bits per heavy atom. The summed E-state index contributed by atoms with van der Waals surface area (Å²) in [6.45, 7) is 0.331. The van der Waals surface area contributed by atoms with E-state index < -0.39 is 23.8 Å². The molecule has 0 aromatic rings. The molecule has 1 fully saturated rings. The van der Waals surface area contributed by atoms with Crippen molar-refractivity contribution in [2.24, 2.45) is 17.8 Å². The van der Waals surface area contributed by atoms with Gasteiger partial charge in [-0.1, -0.05) is 12.2 Å². The van der Waals surface area contributed by atoms with Crippen LogP contribution in [0.3, 0.4) is 0 Å². The van der Waals surface area contributed by atoms with Crippen molar-refractivity contribution in [2.45, 2.75) is 25.7 Å². The Labute approximate surface area is 117 Å². The molecule has 3 unspecified atom stereocenters. The Morgan fingerprint density at radius 1 is 1.10 bits per heavy atom. The van der Waals surface area contributed by atoms with Crippen LogP contribution in [-0.4, -0.2) is 46.0 Å². The number of likely N-dealkylation sites (tertiary alicyclic amines) is 1. The highest BCUT2D eigenvalue weighted by Crippen LogP contribution is 2.27. The Hall–Kier alpha value is -1.85. The Kier molecular flexibility index (Phi) is 4.42. The number of amides is 1. The molecule has 1 saturated heterocycles. The second kappa shape index (κ2) is 6.07. The standard InChI is InChI=1S/C14H19NO5/c16-12(7-9-3-1-2-4-9)15-6-5-10(13(17)18)11(8-15)14(19)20/h1,3,9-11H,2,4-8H2,(H,17,18)(H,19,20). The number of aliphatic carboxylic acids is 2. The van der Waals surface area contributed by atoms with Crippen LogP contribution >= 0.6 is 0 Å². The number of piperidine rings is 1. The van der Waals surface area contributed by atoms with Crippen molar-refractivity contribution in [2.75, 3.05) is 13.1 Å². The van der Waals surface area contributed by atoms with Gasteiger partial charge >= 0.3 is 11.9 Å². The number of allylic oxidation sites excluding steroid dienone is 2. The monoisotopic (exact) mass is 281 g/mol. The summed E-state index contributed by atoms with van der Waals surface area (Å²) in [5, 5.41) is 18.2. The molecule has 0 saturated carbocycles. The molecule has 1 amide bonds. The van der Waals surface area contributed by atoms with Crippen LogP contribution in [0.25, 0.3) is 0 Å². The van der Waals surface area contributed by atoms with E-state index in [-0.39, 0.29) is 24.8 Å². The summed E-state index contributed by atoms with van der Waals surface area (Å²) in [5.74, 6) is -3.98. The molecule has 3 atom stereocenters. The van der Waals surface area contributed by atoms with Crippen LogP contribution in [0.2, 0.25) is 0 Å². The normalized spacial score (nSPS) is 29.4. The van der Waals surface area contributed by atoms with Crippen molar-refractivity contribution in [3.05, 3.63) is 12.2 Å². The van der Waals surface area contributed by atoms with Crippen LogP contribution < -0.4 is 0 Å². The van der Waals surface area contributed by atoms with Crippen LogP contribution in [0, 0.1) is 17.8 Å². The van der Waals surface area contributed by atoms with Gasteiger partial charge in [-0.15, -0.1) is 0 Å². The van der Waals surface area contributed by atoms with E-state index in [0.717, 1.165) is 12.8 Å². The predicted molar refractivity (Wildman–Crippen MR) is 69.9 cm³/mol. The molecule has 1 heterocycles. The van der Waals surface area contributed by atoms with E-state index in [2.05, 4.69) is 6.08 Å². The molecule has 2 aliphatic rings. The molecule has 1 aliphatic heterocycles. The largest absolute Gasteiger partial charge is 0.481 e. The van der Waals surface area contributed by atoms with E-state index >= 15 is 0 Å². The van der Waals surface area contributed by atoms with Crippen molar-refractivity contribution in [3.63, 3.8) is 0 Å². The minimum Gasteiger partial charge on any atom is -0.481 e. The summed E-state index contributed by atoms with van der Waals surface area (Å²) in [5.41, 5.74) is 0. The smallest absolute Gasteiger partial charge is 0.309 e. The maximum absolute atomic E-state index is 12.2. The van der Waals surface area contributed by atoms with Crippen LogP contribution in [0.1, 0.15) is 25.7 Å². The summed E-state index contributed by atoms with van der Waals surface area (Å²) < 4.78 is 0. The molecule has 6 nitrogen and oxygen atoms in total. The maximum Gasteiger partial charge on any atom is 0.309 e. The topological polar surface area (TPSA) is 94.9 Å². The lowest BCUT2D eigenvalue weighted by molar-refractivity contribution is -0.159. The van der Waals surface area contributed by atoms with Gasteiger partial charge in [0.1, 0.15) is 0 Å². The lowest BCUT2D eigenvalue weighted by atomic mass is 9.85. The number of carbonyl (C=O) groups excluding carboxylic acids is 1. The quantitative estimate of drug-likeness (QED) is 0.749. The summed E-state index contributed by atoms with van der Waals surface area (Å²) >= 11 is 0. The molecule has 20 heavy (non-hydrogen) atoms. The van der Waals surface area contributed by atoms with E-state index in [4.69, 9.17) is 10.2 Å². The summed E-state index contributed by atoms with van der Waals surface area (Å²) in [6.07, 6.45) is 6.61. The third kappa shape index (κ3) is 3.18. The summed E-state index contributed by atoms with van der Waals surface area (Å²) in [7, 11) is 0. The molecule has 0 bridgehead atoms. The molecule has 110 valence electrons. The predicted octanol–water partition coefficient (Wildman–Crippen LogP) is 0.977. The van der Waals surface area contributed by atoms with Gasteiger partial charge in [0.2, 0.25) is 5.91 Å². The van der Waals surface area contributed by atoms with E-state index in [1.165, 1.54) is 4.90 Å². The summed E-state index contributed by atoms with van der Waals surface area (Å²) in [4.78, 5) is 35.9. The lowest BCUT2D eigenvalue weighted by Crippen LogP contribution is -2.48. The van der Waals surface area contributed by atoms with Crippen molar-refractivity contribution < 1.29 is 24.6 Å². The van der Waals surface area contributed by atoms with Crippen molar-refractivity contribution >= 4 is 17.8 Å². The first-order valence-electron chi connectivity index (χ1n) is 6.89. The second-order valence-corrected chi connectivity index (χ2v) is 5.49. The van der Waals surface area contributed by atoms with E-state index in [9.17, 15) is 14.4 Å². The Balaban J connectivity index is 1.97. The zero-order chi connectivity index (χ0) is 14.7. The molecule has 2 N–H and O–H groups in total. The Morgan fingerprint density at radius 3 is 2.35 bits per heavy atom.